The van der Waals surface area contributed by atoms with Crippen LogP contribution in [0.2, 0.25) is 1.41 Å². The summed E-state index contributed by atoms with van der Waals surface area (Å²) < 4.78 is 8.98. The summed E-state index contributed by atoms with van der Waals surface area (Å²) in [5.41, 5.74) is 4.07. The minimum atomic E-state index is -1.01. The molecule has 0 aliphatic heterocycles. The van der Waals surface area contributed by atoms with E-state index in [9.17, 15) is 4.79 Å². The first-order valence-electron chi connectivity index (χ1n) is 5.56. The number of carboxylic acid groups (broad SMARTS) is 1. The van der Waals surface area contributed by atoms with Gasteiger partial charge in [0.1, 0.15) is 7.45 Å². The van der Waals surface area contributed by atoms with Crippen molar-refractivity contribution >= 4 is 16.9 Å². The molecule has 1 aromatic heterocycles. The molecule has 0 spiro atoms. The molecule has 84 valence electrons. The van der Waals surface area contributed by atoms with Gasteiger partial charge in [0.05, 0.1) is 0 Å². The van der Waals surface area contributed by atoms with Crippen LogP contribution in [0, 0.1) is 0 Å². The van der Waals surface area contributed by atoms with Crippen LogP contribution in [-0.4, -0.2) is 21.7 Å². The van der Waals surface area contributed by atoms with Gasteiger partial charge in [0.2, 0.25) is 0 Å². The number of nitrogens with two attached hydrogens (primary N) is 1. The van der Waals surface area contributed by atoms with Crippen molar-refractivity contribution in [2.45, 2.75) is 12.5 Å². The first-order valence-corrected chi connectivity index (χ1v) is 5.06. The molecule has 1 aromatic carbocycles. The van der Waals surface area contributed by atoms with Gasteiger partial charge in [-0.15, -0.1) is 0 Å². The fourth-order valence-electron chi connectivity index (χ4n) is 1.90. The van der Waals surface area contributed by atoms with Crippen molar-refractivity contribution in [3.63, 3.8) is 0 Å². The topological polar surface area (TPSA) is 68.2 Å². The van der Waals surface area contributed by atoms with Crippen LogP contribution in [0.3, 0.4) is 0 Å². The summed E-state index contributed by atoms with van der Waals surface area (Å²) in [6.45, 7) is 0. The number of aromatic nitrogens is 1. The molecule has 0 fully saturated rings. The summed E-state index contributed by atoms with van der Waals surface area (Å²) >= 11 is 0. The molecule has 2 aromatic rings. The molecule has 0 radical (unpaired) electrons. The van der Waals surface area contributed by atoms with Gasteiger partial charge < -0.3 is 15.4 Å². The predicted molar refractivity (Wildman–Crippen MR) is 62.2 cm³/mol. The summed E-state index contributed by atoms with van der Waals surface area (Å²) in [5.74, 6) is -1.01. The zero-order valence-corrected chi connectivity index (χ0v) is 8.97. The lowest BCUT2D eigenvalue weighted by molar-refractivity contribution is -0.138. The second-order valence-corrected chi connectivity index (χ2v) is 3.88. The van der Waals surface area contributed by atoms with Gasteiger partial charge in [0, 0.05) is 30.6 Å². The van der Waals surface area contributed by atoms with Crippen LogP contribution >= 0.6 is 0 Å². The molecule has 0 saturated carbocycles. The Bertz CT molecular complexity index is 550. The second-order valence-electron chi connectivity index (χ2n) is 3.88. The van der Waals surface area contributed by atoms with Crippen molar-refractivity contribution in [3.05, 3.63) is 36.0 Å². The standard InChI is InChI=1S/C12H14N2O2/c1-14-7-8(6-10(13)12(15)16)9-4-2-3-5-11(9)14/h2-5,7,10H,6,13H2,1H3,(H,15,16)/t10-/m0/s1/i/hD. The average molecular weight is 219 g/mol. The number of aryl methyl sites for hydroxylation is 1. The van der Waals surface area contributed by atoms with Crippen molar-refractivity contribution in [1.82, 2.24) is 4.57 Å². The first kappa shape index (κ1) is 9.42. The van der Waals surface area contributed by atoms with E-state index < -0.39 is 12.0 Å². The summed E-state index contributed by atoms with van der Waals surface area (Å²) in [4.78, 5) is 10.9. The first-order chi connectivity index (χ1) is 8.13. The van der Waals surface area contributed by atoms with Crippen molar-refractivity contribution in [2.24, 2.45) is 12.8 Å². The smallest absolute Gasteiger partial charge is 0.320 e. The highest BCUT2D eigenvalue weighted by Gasteiger charge is 2.15. The quantitative estimate of drug-likeness (QED) is 0.810. The van der Waals surface area contributed by atoms with Gasteiger partial charge in [0.15, 0.2) is 0 Å². The van der Waals surface area contributed by atoms with Crippen molar-refractivity contribution < 1.29 is 11.3 Å². The van der Waals surface area contributed by atoms with Crippen LogP contribution in [0.25, 0.3) is 10.9 Å². The van der Waals surface area contributed by atoms with E-state index in [0.717, 1.165) is 16.5 Å². The number of para-hydroxylation sites is 1. The number of benzene rings is 1. The van der Waals surface area contributed by atoms with E-state index >= 15 is 0 Å². The number of fused-ring (bicyclic) bond motifs is 1. The Morgan fingerprint density at radius 2 is 2.38 bits per heavy atom. The van der Waals surface area contributed by atoms with Crippen LogP contribution in [0.15, 0.2) is 30.5 Å². The van der Waals surface area contributed by atoms with Crippen molar-refractivity contribution in [1.29, 1.82) is 0 Å². The van der Waals surface area contributed by atoms with Gasteiger partial charge in [-0.3, -0.25) is 4.79 Å². The molecule has 0 aliphatic carbocycles. The SMILES string of the molecule is [2H]N[C@@H](Cc1cn(C)c2ccccc12)C(=O)O. The number of hydrogen-bond donors (Lipinski definition) is 2. The highest BCUT2D eigenvalue weighted by Crippen LogP contribution is 2.21. The lowest BCUT2D eigenvalue weighted by Gasteiger charge is -2.04. The molecule has 0 aliphatic rings. The Morgan fingerprint density at radius 1 is 1.62 bits per heavy atom. The lowest BCUT2D eigenvalue weighted by Crippen LogP contribution is -2.32. The van der Waals surface area contributed by atoms with E-state index in [1.165, 1.54) is 0 Å². The normalized spacial score (nSPS) is 13.7. The number of nitrogens with zero attached hydrogens (tertiary/aromatic N) is 1. The van der Waals surface area contributed by atoms with E-state index in [1.54, 1.807) is 0 Å². The second kappa shape index (κ2) is 3.98. The fourth-order valence-corrected chi connectivity index (χ4v) is 1.90. The predicted octanol–water partition coefficient (Wildman–Crippen LogP) is 1.13. The fraction of sp³-hybridized carbons (Fsp3) is 0.250. The van der Waals surface area contributed by atoms with E-state index in [1.807, 2.05) is 42.1 Å². The third-order valence-electron chi connectivity index (χ3n) is 2.70. The van der Waals surface area contributed by atoms with Crippen LogP contribution in [0.1, 0.15) is 5.56 Å². The molecule has 2 rings (SSSR count). The molecule has 0 unspecified atom stereocenters. The van der Waals surface area contributed by atoms with E-state index in [-0.39, 0.29) is 0 Å². The van der Waals surface area contributed by atoms with Crippen molar-refractivity contribution in [2.75, 3.05) is 0 Å². The Hall–Kier alpha value is -1.81. The number of carbonyl (C=O) groups is 1. The molecule has 4 heteroatoms. The lowest BCUT2D eigenvalue weighted by atomic mass is 10.1. The maximum Gasteiger partial charge on any atom is 0.320 e. The monoisotopic (exact) mass is 219 g/mol. The van der Waals surface area contributed by atoms with Gasteiger partial charge in [-0.2, -0.15) is 0 Å². The zero-order valence-electron chi connectivity index (χ0n) is 9.97. The van der Waals surface area contributed by atoms with Crippen LogP contribution in [-0.2, 0) is 18.3 Å². The van der Waals surface area contributed by atoms with Crippen molar-refractivity contribution in [3.8, 4) is 0 Å². The van der Waals surface area contributed by atoms with Gasteiger partial charge in [-0.05, 0) is 11.6 Å². The van der Waals surface area contributed by atoms with Gasteiger partial charge in [0.25, 0.3) is 0 Å². The summed E-state index contributed by atoms with van der Waals surface area (Å²) in [6, 6.07) is 6.95. The van der Waals surface area contributed by atoms with Gasteiger partial charge in [-0.1, -0.05) is 18.2 Å². The number of hydrogen-bond acceptors (Lipinski definition) is 2. The number of rotatable bonds is 4. The van der Waals surface area contributed by atoms with Crippen LogP contribution in [0.5, 0.6) is 0 Å². The zero-order chi connectivity index (χ0) is 12.4. The minimum absolute atomic E-state index is 0.306. The number of carboxylic acids is 1. The Balaban J connectivity index is 2.39. The molecule has 3 N–H and O–H groups in total. The average Bonchev–Trinajstić information content (AvgIpc) is 2.63. The third kappa shape index (κ3) is 1.79. The minimum Gasteiger partial charge on any atom is -0.480 e. The Labute approximate surface area is 94.8 Å². The largest absolute Gasteiger partial charge is 0.480 e. The molecular weight excluding hydrogens is 204 g/mol. The van der Waals surface area contributed by atoms with E-state index in [0.29, 0.717) is 6.42 Å². The molecule has 16 heavy (non-hydrogen) atoms. The highest BCUT2D eigenvalue weighted by atomic mass is 16.4. The van der Waals surface area contributed by atoms with Crippen LogP contribution in [0.4, 0.5) is 0 Å². The Kier molecular flexibility index (Phi) is 2.34. The third-order valence-corrected chi connectivity index (χ3v) is 2.70. The van der Waals surface area contributed by atoms with Gasteiger partial charge in [-0.25, -0.2) is 0 Å². The Morgan fingerprint density at radius 3 is 3.06 bits per heavy atom. The maximum absolute atomic E-state index is 10.9. The molecular formula is C12H14N2O2. The van der Waals surface area contributed by atoms with Gasteiger partial charge >= 0.3 is 5.97 Å². The summed E-state index contributed by atoms with van der Waals surface area (Å²) in [7, 11) is 1.93. The molecule has 4 nitrogen and oxygen atoms in total. The molecule has 0 saturated heterocycles. The molecule has 1 heterocycles. The highest BCUT2D eigenvalue weighted by molar-refractivity contribution is 5.85. The van der Waals surface area contributed by atoms with E-state index in [2.05, 4.69) is 5.73 Å². The molecule has 0 amide bonds. The number of aliphatic carboxylic acids is 1. The van der Waals surface area contributed by atoms with Crippen LogP contribution < -0.4 is 5.73 Å². The molecule has 1 atom stereocenters. The van der Waals surface area contributed by atoms with E-state index in [4.69, 9.17) is 6.52 Å². The maximum atomic E-state index is 10.9. The summed E-state index contributed by atoms with van der Waals surface area (Å²) in [5, 5.41) is 9.96. The molecule has 0 bridgehead atoms. The summed E-state index contributed by atoms with van der Waals surface area (Å²) in [6.07, 6.45) is 2.22.